The maximum atomic E-state index is 13.2. The number of benzene rings is 2. The molecule has 0 radical (unpaired) electrons. The first-order valence-electron chi connectivity index (χ1n) is 7.57. The zero-order valence-electron chi connectivity index (χ0n) is 13.1. The van der Waals surface area contributed by atoms with E-state index in [0.717, 1.165) is 26.7 Å². The van der Waals surface area contributed by atoms with Crippen molar-refractivity contribution in [3.63, 3.8) is 0 Å². The number of amides is 1. The number of thiophene rings is 1. The van der Waals surface area contributed by atoms with Gasteiger partial charge < -0.3 is 5.32 Å². The Balaban J connectivity index is 1.69. The van der Waals surface area contributed by atoms with Gasteiger partial charge in [0, 0.05) is 16.5 Å². The third-order valence-corrected chi connectivity index (χ3v) is 5.19. The smallest absolute Gasteiger partial charge is 0.265 e. The van der Waals surface area contributed by atoms with Gasteiger partial charge in [-0.05, 0) is 49.4 Å². The number of carbonyl (C=O) groups is 1. The van der Waals surface area contributed by atoms with Crippen LogP contribution < -0.4 is 5.32 Å². The molecule has 2 heterocycles. The molecule has 6 heteroatoms. The standard InChI is InChI=1S/C19H12ClFN2OS/c1-10-2-5-16-11(6-10)7-12-8-17(25-19(12)23-16)18(24)22-13-3-4-15(21)14(20)9-13/h2-9H,1H3,(H,22,24). The van der Waals surface area contributed by atoms with E-state index < -0.39 is 5.82 Å². The Kier molecular flexibility index (Phi) is 3.90. The second-order valence-corrected chi connectivity index (χ2v) is 7.21. The predicted octanol–water partition coefficient (Wildman–Crippen LogP) is 5.80. The summed E-state index contributed by atoms with van der Waals surface area (Å²) in [5.41, 5.74) is 2.51. The molecule has 0 saturated carbocycles. The van der Waals surface area contributed by atoms with Crippen LogP contribution in [0.3, 0.4) is 0 Å². The average Bonchev–Trinajstić information content (AvgIpc) is 2.99. The molecule has 0 aliphatic carbocycles. The van der Waals surface area contributed by atoms with Crippen LogP contribution in [0.4, 0.5) is 10.1 Å². The quantitative estimate of drug-likeness (QED) is 0.484. The van der Waals surface area contributed by atoms with Gasteiger partial charge in [-0.25, -0.2) is 9.37 Å². The van der Waals surface area contributed by atoms with Crippen LogP contribution in [0.5, 0.6) is 0 Å². The van der Waals surface area contributed by atoms with Crippen molar-refractivity contribution >= 4 is 55.7 Å². The average molecular weight is 371 g/mol. The SMILES string of the molecule is Cc1ccc2nc3sc(C(=O)Nc4ccc(F)c(Cl)c4)cc3cc2c1. The van der Waals surface area contributed by atoms with E-state index in [1.54, 1.807) is 0 Å². The molecule has 2 aromatic heterocycles. The molecular weight excluding hydrogens is 359 g/mol. The molecule has 4 rings (SSSR count). The summed E-state index contributed by atoms with van der Waals surface area (Å²) in [7, 11) is 0. The first-order valence-corrected chi connectivity index (χ1v) is 8.76. The molecule has 1 N–H and O–H groups in total. The number of aryl methyl sites for hydroxylation is 1. The molecule has 4 aromatic rings. The highest BCUT2D eigenvalue weighted by Crippen LogP contribution is 2.29. The van der Waals surface area contributed by atoms with Gasteiger partial charge in [0.2, 0.25) is 0 Å². The van der Waals surface area contributed by atoms with Gasteiger partial charge in [-0.2, -0.15) is 0 Å². The van der Waals surface area contributed by atoms with Crippen LogP contribution in [0.1, 0.15) is 15.2 Å². The first kappa shape index (κ1) is 16.0. The van der Waals surface area contributed by atoms with Crippen LogP contribution in [0.25, 0.3) is 21.1 Å². The van der Waals surface area contributed by atoms with Crippen LogP contribution in [0.15, 0.2) is 48.5 Å². The van der Waals surface area contributed by atoms with E-state index in [2.05, 4.69) is 16.4 Å². The van der Waals surface area contributed by atoms with E-state index in [1.165, 1.54) is 29.5 Å². The summed E-state index contributed by atoms with van der Waals surface area (Å²) < 4.78 is 13.2. The number of hydrogen-bond donors (Lipinski definition) is 1. The Labute approximate surface area is 152 Å². The highest BCUT2D eigenvalue weighted by molar-refractivity contribution is 7.20. The Bertz CT molecular complexity index is 1140. The monoisotopic (exact) mass is 370 g/mol. The van der Waals surface area contributed by atoms with E-state index >= 15 is 0 Å². The summed E-state index contributed by atoms with van der Waals surface area (Å²) in [6.07, 6.45) is 0. The lowest BCUT2D eigenvalue weighted by Crippen LogP contribution is -2.10. The summed E-state index contributed by atoms with van der Waals surface area (Å²) in [6, 6.07) is 14.0. The Hall–Kier alpha value is -2.50. The van der Waals surface area contributed by atoms with Gasteiger partial charge >= 0.3 is 0 Å². The van der Waals surface area contributed by atoms with E-state index in [-0.39, 0.29) is 10.9 Å². The van der Waals surface area contributed by atoms with Gasteiger partial charge in [-0.3, -0.25) is 4.79 Å². The number of fused-ring (bicyclic) bond motifs is 2. The second-order valence-electron chi connectivity index (χ2n) is 5.77. The maximum Gasteiger partial charge on any atom is 0.265 e. The molecule has 124 valence electrons. The fourth-order valence-corrected chi connectivity index (χ4v) is 3.73. The fraction of sp³-hybridized carbons (Fsp3) is 0.0526. The molecule has 0 atom stereocenters. The second kappa shape index (κ2) is 6.10. The third kappa shape index (κ3) is 3.08. The third-order valence-electron chi connectivity index (χ3n) is 3.86. The van der Waals surface area contributed by atoms with Gasteiger partial charge in [-0.15, -0.1) is 11.3 Å². The first-order chi connectivity index (χ1) is 12.0. The number of anilines is 1. The van der Waals surface area contributed by atoms with Crippen LogP contribution in [0.2, 0.25) is 5.02 Å². The number of nitrogens with zero attached hydrogens (tertiary/aromatic N) is 1. The van der Waals surface area contributed by atoms with Crippen LogP contribution >= 0.6 is 22.9 Å². The summed E-state index contributed by atoms with van der Waals surface area (Å²) in [5.74, 6) is -0.793. The lowest BCUT2D eigenvalue weighted by molar-refractivity contribution is 0.103. The molecule has 0 aliphatic heterocycles. The number of pyridine rings is 1. The summed E-state index contributed by atoms with van der Waals surface area (Å²) in [6.45, 7) is 2.03. The van der Waals surface area contributed by atoms with Gasteiger partial charge in [0.05, 0.1) is 15.4 Å². The number of nitrogens with one attached hydrogen (secondary N) is 1. The minimum Gasteiger partial charge on any atom is -0.321 e. The van der Waals surface area contributed by atoms with Crippen LogP contribution in [-0.4, -0.2) is 10.9 Å². The molecule has 0 fully saturated rings. The van der Waals surface area contributed by atoms with E-state index in [0.29, 0.717) is 10.6 Å². The highest BCUT2D eigenvalue weighted by atomic mass is 35.5. The van der Waals surface area contributed by atoms with E-state index in [9.17, 15) is 9.18 Å². The maximum absolute atomic E-state index is 13.2. The number of hydrogen-bond acceptors (Lipinski definition) is 3. The largest absolute Gasteiger partial charge is 0.321 e. The Morgan fingerprint density at radius 3 is 2.76 bits per heavy atom. The lowest BCUT2D eigenvalue weighted by Gasteiger charge is -2.04. The predicted molar refractivity (Wildman–Crippen MR) is 101 cm³/mol. The fourth-order valence-electron chi connectivity index (χ4n) is 2.63. The Morgan fingerprint density at radius 2 is 1.96 bits per heavy atom. The zero-order chi connectivity index (χ0) is 17.6. The highest BCUT2D eigenvalue weighted by Gasteiger charge is 2.13. The molecule has 0 spiro atoms. The van der Waals surface area contributed by atoms with Crippen molar-refractivity contribution < 1.29 is 9.18 Å². The van der Waals surface area contributed by atoms with Crippen LogP contribution in [0, 0.1) is 12.7 Å². The molecule has 0 saturated heterocycles. The summed E-state index contributed by atoms with van der Waals surface area (Å²) in [4.78, 5) is 18.4. The van der Waals surface area contributed by atoms with Gasteiger partial charge in [0.15, 0.2) is 0 Å². The zero-order valence-corrected chi connectivity index (χ0v) is 14.7. The molecule has 25 heavy (non-hydrogen) atoms. The van der Waals surface area contributed by atoms with E-state index in [4.69, 9.17) is 11.6 Å². The van der Waals surface area contributed by atoms with Crippen molar-refractivity contribution in [1.29, 1.82) is 0 Å². The van der Waals surface area contributed by atoms with Crippen molar-refractivity contribution in [3.8, 4) is 0 Å². The van der Waals surface area contributed by atoms with Crippen molar-refractivity contribution in [2.75, 3.05) is 5.32 Å². The van der Waals surface area contributed by atoms with Crippen molar-refractivity contribution in [3.05, 3.63) is 69.8 Å². The van der Waals surface area contributed by atoms with Crippen molar-refractivity contribution in [1.82, 2.24) is 4.98 Å². The molecule has 0 aliphatic rings. The van der Waals surface area contributed by atoms with Crippen molar-refractivity contribution in [2.45, 2.75) is 6.92 Å². The summed E-state index contributed by atoms with van der Waals surface area (Å²) >= 11 is 7.07. The Morgan fingerprint density at radius 1 is 1.12 bits per heavy atom. The van der Waals surface area contributed by atoms with Gasteiger partial charge in [-0.1, -0.05) is 23.2 Å². The minimum atomic E-state index is -0.521. The normalized spacial score (nSPS) is 11.2. The van der Waals surface area contributed by atoms with E-state index in [1.807, 2.05) is 31.2 Å². The molecule has 3 nitrogen and oxygen atoms in total. The number of carbonyl (C=O) groups excluding carboxylic acids is 1. The van der Waals surface area contributed by atoms with Crippen LogP contribution in [-0.2, 0) is 0 Å². The topological polar surface area (TPSA) is 42.0 Å². The number of halogens is 2. The molecule has 2 aromatic carbocycles. The van der Waals surface area contributed by atoms with Crippen molar-refractivity contribution in [2.24, 2.45) is 0 Å². The molecule has 1 amide bonds. The minimum absolute atomic E-state index is 0.0302. The molecular formula is C19H12ClFN2OS. The number of aromatic nitrogens is 1. The molecule has 0 bridgehead atoms. The summed E-state index contributed by atoms with van der Waals surface area (Å²) in [5, 5.41) is 4.67. The van der Waals surface area contributed by atoms with Gasteiger partial charge in [0.1, 0.15) is 10.6 Å². The number of rotatable bonds is 2. The van der Waals surface area contributed by atoms with Gasteiger partial charge in [0.25, 0.3) is 5.91 Å². The molecule has 0 unspecified atom stereocenters. The lowest BCUT2D eigenvalue weighted by atomic mass is 10.1.